The van der Waals surface area contributed by atoms with Crippen molar-refractivity contribution in [3.8, 4) is 17.0 Å². The van der Waals surface area contributed by atoms with Gasteiger partial charge in [0.25, 0.3) is 0 Å². The first-order valence-corrected chi connectivity index (χ1v) is 4.64. The molecule has 0 unspecified atom stereocenters. The fourth-order valence-electron chi connectivity index (χ4n) is 1.25. The minimum absolute atomic E-state index is 0.275. The van der Waals surface area contributed by atoms with Crippen molar-refractivity contribution >= 4 is 17.5 Å². The number of nitrogens with zero attached hydrogens (tertiary/aromatic N) is 1. The summed E-state index contributed by atoms with van der Waals surface area (Å²) in [5, 5.41) is 4.31. The van der Waals surface area contributed by atoms with Crippen LogP contribution in [0, 0.1) is 0 Å². The molecule has 4 nitrogen and oxygen atoms in total. The molecule has 2 rings (SSSR count). The highest BCUT2D eigenvalue weighted by Gasteiger charge is 2.07. The van der Waals surface area contributed by atoms with Crippen LogP contribution in [-0.2, 0) is 0 Å². The van der Waals surface area contributed by atoms with Crippen LogP contribution in [0.4, 0.5) is 5.88 Å². The van der Waals surface area contributed by atoms with Crippen molar-refractivity contribution in [3.63, 3.8) is 0 Å². The number of halogens is 1. The topological polar surface area (TPSA) is 61.3 Å². The molecule has 0 aliphatic rings. The second kappa shape index (κ2) is 3.82. The maximum Gasteiger partial charge on any atom is 0.222 e. The molecule has 0 aliphatic carbocycles. The van der Waals surface area contributed by atoms with E-state index in [1.807, 2.05) is 6.07 Å². The van der Waals surface area contributed by atoms with Crippen LogP contribution in [0.25, 0.3) is 11.3 Å². The molecule has 2 aromatic rings. The maximum atomic E-state index is 5.97. The van der Waals surface area contributed by atoms with Crippen molar-refractivity contribution in [2.75, 3.05) is 12.8 Å². The largest absolute Gasteiger partial charge is 0.495 e. The first kappa shape index (κ1) is 9.86. The van der Waals surface area contributed by atoms with E-state index in [0.29, 0.717) is 16.5 Å². The van der Waals surface area contributed by atoms with Crippen molar-refractivity contribution < 1.29 is 9.26 Å². The Morgan fingerprint density at radius 3 is 2.73 bits per heavy atom. The zero-order valence-electron chi connectivity index (χ0n) is 8.03. The van der Waals surface area contributed by atoms with E-state index in [1.165, 1.54) is 0 Å². The van der Waals surface area contributed by atoms with Crippen molar-refractivity contribution in [2.24, 2.45) is 0 Å². The molecule has 2 N–H and O–H groups in total. The standard InChI is InChI=1S/C10H9ClN2O2/c1-14-9-3-2-6(4-7(9)11)8-5-10(12)15-13-8/h2-5H,12H2,1H3. The number of nitrogens with two attached hydrogens (primary N) is 1. The van der Waals surface area contributed by atoms with E-state index in [-0.39, 0.29) is 5.88 Å². The number of hydrogen-bond donors (Lipinski definition) is 1. The summed E-state index contributed by atoms with van der Waals surface area (Å²) in [6.45, 7) is 0. The number of aromatic nitrogens is 1. The van der Waals surface area contributed by atoms with Gasteiger partial charge in [-0.1, -0.05) is 16.8 Å². The number of anilines is 1. The zero-order chi connectivity index (χ0) is 10.8. The third-order valence-corrected chi connectivity index (χ3v) is 2.27. The number of methoxy groups -OCH3 is 1. The third-order valence-electron chi connectivity index (χ3n) is 1.98. The Bertz CT molecular complexity index is 482. The molecule has 0 bridgehead atoms. The summed E-state index contributed by atoms with van der Waals surface area (Å²) in [4.78, 5) is 0. The van der Waals surface area contributed by atoms with E-state index in [0.717, 1.165) is 5.56 Å². The summed E-state index contributed by atoms with van der Waals surface area (Å²) in [6, 6.07) is 6.99. The van der Waals surface area contributed by atoms with Crippen molar-refractivity contribution in [2.45, 2.75) is 0 Å². The van der Waals surface area contributed by atoms with Gasteiger partial charge in [-0.25, -0.2) is 0 Å². The molecule has 5 heteroatoms. The van der Waals surface area contributed by atoms with E-state index in [1.54, 1.807) is 25.3 Å². The van der Waals surface area contributed by atoms with Crippen molar-refractivity contribution in [3.05, 3.63) is 29.3 Å². The first-order chi connectivity index (χ1) is 7.20. The smallest absolute Gasteiger partial charge is 0.222 e. The van der Waals surface area contributed by atoms with E-state index >= 15 is 0 Å². The lowest BCUT2D eigenvalue weighted by molar-refractivity contribution is 0.415. The van der Waals surface area contributed by atoms with Gasteiger partial charge in [0, 0.05) is 11.6 Å². The highest BCUT2D eigenvalue weighted by atomic mass is 35.5. The van der Waals surface area contributed by atoms with Gasteiger partial charge in [-0.15, -0.1) is 0 Å². The van der Waals surface area contributed by atoms with E-state index in [2.05, 4.69) is 5.16 Å². The SMILES string of the molecule is COc1ccc(-c2cc(N)on2)cc1Cl. The molecule has 0 spiro atoms. The Hall–Kier alpha value is -1.68. The molecule has 0 saturated carbocycles. The minimum Gasteiger partial charge on any atom is -0.495 e. The second-order valence-corrected chi connectivity index (χ2v) is 3.37. The quantitative estimate of drug-likeness (QED) is 0.852. The van der Waals surface area contributed by atoms with E-state index in [9.17, 15) is 0 Å². The molecule has 0 amide bonds. The molecular formula is C10H9ClN2O2. The fourth-order valence-corrected chi connectivity index (χ4v) is 1.51. The van der Waals surface area contributed by atoms with Gasteiger partial charge in [-0.05, 0) is 18.2 Å². The van der Waals surface area contributed by atoms with Gasteiger partial charge in [-0.2, -0.15) is 0 Å². The van der Waals surface area contributed by atoms with Crippen LogP contribution in [0.3, 0.4) is 0 Å². The molecule has 78 valence electrons. The predicted octanol–water partition coefficient (Wildman–Crippen LogP) is 2.59. The van der Waals surface area contributed by atoms with Gasteiger partial charge in [0.05, 0.1) is 12.1 Å². The van der Waals surface area contributed by atoms with Crippen LogP contribution in [0.2, 0.25) is 5.02 Å². The highest BCUT2D eigenvalue weighted by molar-refractivity contribution is 6.32. The van der Waals surface area contributed by atoms with Gasteiger partial charge in [0.1, 0.15) is 11.4 Å². The van der Waals surface area contributed by atoms with Gasteiger partial charge >= 0.3 is 0 Å². The summed E-state index contributed by atoms with van der Waals surface area (Å²) in [6.07, 6.45) is 0. The Morgan fingerprint density at radius 1 is 1.40 bits per heavy atom. The van der Waals surface area contributed by atoms with E-state index in [4.69, 9.17) is 26.6 Å². The molecule has 1 aromatic carbocycles. The lowest BCUT2D eigenvalue weighted by Crippen LogP contribution is -1.85. The summed E-state index contributed by atoms with van der Waals surface area (Å²) in [5.41, 5.74) is 6.91. The Balaban J connectivity index is 2.42. The van der Waals surface area contributed by atoms with Crippen molar-refractivity contribution in [1.29, 1.82) is 0 Å². The molecule has 0 fully saturated rings. The van der Waals surface area contributed by atoms with Crippen LogP contribution < -0.4 is 10.5 Å². The molecule has 0 saturated heterocycles. The van der Waals surface area contributed by atoms with Crippen LogP contribution >= 0.6 is 11.6 Å². The monoisotopic (exact) mass is 224 g/mol. The summed E-state index contributed by atoms with van der Waals surface area (Å²) in [7, 11) is 1.56. The molecular weight excluding hydrogens is 216 g/mol. The molecule has 0 atom stereocenters. The van der Waals surface area contributed by atoms with E-state index < -0.39 is 0 Å². The molecule has 15 heavy (non-hydrogen) atoms. The molecule has 0 aliphatic heterocycles. The average molecular weight is 225 g/mol. The fraction of sp³-hybridized carbons (Fsp3) is 0.100. The molecule has 1 aromatic heterocycles. The van der Waals surface area contributed by atoms with Gasteiger partial charge in [0.2, 0.25) is 5.88 Å². The zero-order valence-corrected chi connectivity index (χ0v) is 8.78. The average Bonchev–Trinajstić information content (AvgIpc) is 2.65. The summed E-state index contributed by atoms with van der Waals surface area (Å²) in [5.74, 6) is 0.897. The lowest BCUT2D eigenvalue weighted by atomic mass is 10.1. The highest BCUT2D eigenvalue weighted by Crippen LogP contribution is 2.30. The van der Waals surface area contributed by atoms with Gasteiger partial charge in [0.15, 0.2) is 0 Å². The van der Waals surface area contributed by atoms with Crippen LogP contribution in [0.1, 0.15) is 0 Å². The summed E-state index contributed by atoms with van der Waals surface area (Å²) >= 11 is 5.97. The first-order valence-electron chi connectivity index (χ1n) is 4.27. The maximum absolute atomic E-state index is 5.97. The second-order valence-electron chi connectivity index (χ2n) is 2.96. The van der Waals surface area contributed by atoms with Gasteiger partial charge in [-0.3, -0.25) is 0 Å². The minimum atomic E-state index is 0.275. The van der Waals surface area contributed by atoms with Gasteiger partial charge < -0.3 is 15.0 Å². The number of hydrogen-bond acceptors (Lipinski definition) is 4. The normalized spacial score (nSPS) is 10.3. The van der Waals surface area contributed by atoms with Crippen LogP contribution in [-0.4, -0.2) is 12.3 Å². The number of nitrogen functional groups attached to an aromatic ring is 1. The number of benzene rings is 1. The molecule has 1 heterocycles. The van der Waals surface area contributed by atoms with Crippen LogP contribution in [0.15, 0.2) is 28.8 Å². The predicted molar refractivity (Wildman–Crippen MR) is 57.9 cm³/mol. The Morgan fingerprint density at radius 2 is 2.20 bits per heavy atom. The lowest BCUT2D eigenvalue weighted by Gasteiger charge is -2.03. The van der Waals surface area contributed by atoms with Crippen molar-refractivity contribution in [1.82, 2.24) is 5.16 Å². The Kier molecular flexibility index (Phi) is 2.51. The third kappa shape index (κ3) is 1.89. The number of ether oxygens (including phenoxy) is 1. The van der Waals surface area contributed by atoms with Crippen LogP contribution in [0.5, 0.6) is 5.75 Å². The number of rotatable bonds is 2. The Labute approximate surface area is 91.6 Å². The summed E-state index contributed by atoms with van der Waals surface area (Å²) < 4.78 is 9.81. The molecule has 0 radical (unpaired) electrons.